The van der Waals surface area contributed by atoms with Gasteiger partial charge in [-0.25, -0.2) is 0 Å². The first kappa shape index (κ1) is 69.3. The first-order chi connectivity index (χ1) is 39.0. The zero-order valence-corrected chi connectivity index (χ0v) is 48.2. The van der Waals surface area contributed by atoms with Gasteiger partial charge >= 0.3 is 0 Å². The third-order valence-corrected chi connectivity index (χ3v) is 14.5. The van der Waals surface area contributed by atoms with Gasteiger partial charge in [0.1, 0.15) is 47.7 Å². The Kier molecular flexibility index (Phi) is 33.0. The summed E-state index contributed by atoms with van der Waals surface area (Å²) in [4.78, 5) is 85.7. The van der Waals surface area contributed by atoms with Crippen molar-refractivity contribution >= 4 is 41.4 Å². The molecule has 4 heterocycles. The van der Waals surface area contributed by atoms with Crippen LogP contribution in [0.1, 0.15) is 149 Å². The first-order valence-corrected chi connectivity index (χ1v) is 29.5. The molecule has 26 nitrogen and oxygen atoms in total. The van der Waals surface area contributed by atoms with Crippen molar-refractivity contribution in [3.63, 3.8) is 0 Å². The molecule has 26 heteroatoms. The molecule has 4 rings (SSSR count). The second kappa shape index (κ2) is 38.6. The van der Waals surface area contributed by atoms with Crippen LogP contribution in [0, 0.1) is 0 Å². The van der Waals surface area contributed by atoms with Crippen molar-refractivity contribution in [1.82, 2.24) is 37.2 Å². The second-order valence-electron chi connectivity index (χ2n) is 21.7. The Bertz CT molecular complexity index is 1780. The Morgan fingerprint density at radius 3 is 1.25 bits per heavy atom. The lowest BCUT2D eigenvalue weighted by Gasteiger charge is -2.42. The largest absolute Gasteiger partial charge is 0.388 e. The van der Waals surface area contributed by atoms with Gasteiger partial charge in [0.2, 0.25) is 41.4 Å². The van der Waals surface area contributed by atoms with Gasteiger partial charge in [0.25, 0.3) is 0 Å². The molecule has 0 aromatic rings. The monoisotopic (exact) mass is 1160 g/mol. The fourth-order valence-electron chi connectivity index (χ4n) is 9.86. The highest BCUT2D eigenvalue weighted by Gasteiger charge is 2.60. The maximum Gasteiger partial charge on any atom is 0.222 e. The van der Waals surface area contributed by atoms with Crippen LogP contribution >= 0.6 is 0 Å². The highest BCUT2D eigenvalue weighted by Crippen LogP contribution is 2.38. The molecule has 0 aromatic carbocycles. The predicted molar refractivity (Wildman–Crippen MR) is 292 cm³/mol. The van der Waals surface area contributed by atoms with Crippen LogP contribution in [-0.4, -0.2) is 220 Å². The molecule has 466 valence electrons. The molecule has 0 aliphatic carbocycles. The molecule has 4 bridgehead atoms. The number of amides is 7. The Morgan fingerprint density at radius 1 is 0.469 bits per heavy atom. The van der Waals surface area contributed by atoms with Crippen LogP contribution in [0.5, 0.6) is 0 Å². The van der Waals surface area contributed by atoms with E-state index in [1.807, 2.05) is 0 Å². The van der Waals surface area contributed by atoms with E-state index in [-0.39, 0.29) is 120 Å². The van der Waals surface area contributed by atoms with Gasteiger partial charge in [-0.05, 0) is 44.9 Å². The molecule has 4 fully saturated rings. The van der Waals surface area contributed by atoms with Crippen LogP contribution in [0.3, 0.4) is 0 Å². The Labute approximate surface area is 476 Å². The maximum atomic E-state index is 12.9. The summed E-state index contributed by atoms with van der Waals surface area (Å²) in [6.07, 6.45) is 7.55. The molecule has 7 amide bonds. The van der Waals surface area contributed by atoms with Crippen LogP contribution in [0.2, 0.25) is 0 Å². The van der Waals surface area contributed by atoms with Crippen molar-refractivity contribution in [1.29, 1.82) is 0 Å². The maximum absolute atomic E-state index is 12.9. The number of hydrogen-bond donors (Lipinski definition) is 11. The van der Waals surface area contributed by atoms with E-state index in [0.29, 0.717) is 84.3 Å². The molecule has 11 N–H and O–H groups in total. The topological polar surface area (TPSA) is 358 Å². The SMILES string of the molecule is CCCCCCCCCCCC(=O)NC(COCCC(=O)NCCCNC(=O)CCCCOC[C@@]12CO[C@@H](O1)[C@H](NC(C)=O)[C@@H](O)[C@H]2O)COCCC(=O)NCCCNC(=O)CCCCOC[C@@]12CO[C@@H](O1)[C@H](NC(C)=O)[C@@H](O)[C@H]2O. The Balaban J connectivity index is 1.00. The Hall–Kier alpha value is -4.19. The fraction of sp³-hybridized carbons (Fsp3) is 0.873. The lowest BCUT2D eigenvalue weighted by molar-refractivity contribution is -0.237. The van der Waals surface area contributed by atoms with Crippen LogP contribution in [-0.2, 0) is 71.5 Å². The van der Waals surface area contributed by atoms with E-state index in [1.54, 1.807) is 0 Å². The van der Waals surface area contributed by atoms with Gasteiger partial charge in [-0.1, -0.05) is 58.3 Å². The normalized spacial score (nSPS) is 25.5. The molecule has 4 aliphatic heterocycles. The summed E-state index contributed by atoms with van der Waals surface area (Å²) >= 11 is 0. The molecule has 0 unspecified atom stereocenters. The summed E-state index contributed by atoms with van der Waals surface area (Å²) in [6.45, 7) is 7.20. The fourth-order valence-corrected chi connectivity index (χ4v) is 9.86. The van der Waals surface area contributed by atoms with Gasteiger partial charge in [0.05, 0.1) is 58.9 Å². The van der Waals surface area contributed by atoms with Crippen molar-refractivity contribution in [2.75, 3.05) is 92.2 Å². The molecule has 0 saturated carbocycles. The molecule has 10 atom stereocenters. The summed E-state index contributed by atoms with van der Waals surface area (Å²) in [5, 5.41) is 61.8. The highest BCUT2D eigenvalue weighted by molar-refractivity contribution is 5.78. The first-order valence-electron chi connectivity index (χ1n) is 29.5. The molecule has 81 heavy (non-hydrogen) atoms. The van der Waals surface area contributed by atoms with E-state index in [2.05, 4.69) is 44.1 Å². The smallest absolute Gasteiger partial charge is 0.222 e. The van der Waals surface area contributed by atoms with Crippen LogP contribution in [0.25, 0.3) is 0 Å². The molecule has 4 aliphatic rings. The van der Waals surface area contributed by atoms with Gasteiger partial charge in [0, 0.05) is 85.3 Å². The molecule has 0 spiro atoms. The lowest BCUT2D eigenvalue weighted by Crippen LogP contribution is -2.66. The van der Waals surface area contributed by atoms with E-state index < -0.39 is 66.3 Å². The summed E-state index contributed by atoms with van der Waals surface area (Å²) in [5.74, 6) is -1.61. The zero-order chi connectivity index (χ0) is 58.9. The minimum atomic E-state index is -1.33. The molecule has 0 aromatic heterocycles. The van der Waals surface area contributed by atoms with E-state index in [9.17, 15) is 54.0 Å². The predicted octanol–water partition coefficient (Wildman–Crippen LogP) is -0.472. The molecule has 4 saturated heterocycles. The molecule has 0 radical (unpaired) electrons. The van der Waals surface area contributed by atoms with Gasteiger partial charge in [-0.15, -0.1) is 0 Å². The minimum absolute atomic E-state index is 0.00222. The number of hydrogen-bond acceptors (Lipinski definition) is 19. The Morgan fingerprint density at radius 2 is 0.840 bits per heavy atom. The minimum Gasteiger partial charge on any atom is -0.388 e. The number of unbranched alkanes of at least 4 members (excludes halogenated alkanes) is 10. The third kappa shape index (κ3) is 25.7. The van der Waals surface area contributed by atoms with Crippen LogP contribution in [0.4, 0.5) is 0 Å². The second-order valence-corrected chi connectivity index (χ2v) is 21.7. The van der Waals surface area contributed by atoms with Crippen molar-refractivity contribution in [2.24, 2.45) is 0 Å². The highest BCUT2D eigenvalue weighted by atomic mass is 16.8. The van der Waals surface area contributed by atoms with Gasteiger partial charge in [-0.2, -0.15) is 0 Å². The number of aliphatic hydroxyl groups excluding tert-OH is 4. The number of carbonyl (C=O) groups is 7. The average molecular weight is 1160 g/mol. The summed E-state index contributed by atoms with van der Waals surface area (Å²) in [7, 11) is 0. The van der Waals surface area contributed by atoms with E-state index >= 15 is 0 Å². The van der Waals surface area contributed by atoms with Gasteiger partial charge in [-0.3, -0.25) is 33.6 Å². The van der Waals surface area contributed by atoms with Crippen molar-refractivity contribution in [3.8, 4) is 0 Å². The lowest BCUT2D eigenvalue weighted by atomic mass is 9.88. The number of nitrogens with one attached hydrogen (secondary N) is 7. The van der Waals surface area contributed by atoms with Crippen molar-refractivity contribution < 1.29 is 91.9 Å². The van der Waals surface area contributed by atoms with Crippen LogP contribution in [0.15, 0.2) is 0 Å². The van der Waals surface area contributed by atoms with Crippen molar-refractivity contribution in [3.05, 3.63) is 0 Å². The van der Waals surface area contributed by atoms with Gasteiger partial charge in [0.15, 0.2) is 12.6 Å². The molecular formula is C55H97N7O19. The molecular weight excluding hydrogens is 1060 g/mol. The van der Waals surface area contributed by atoms with E-state index in [1.165, 1.54) is 46.0 Å². The number of aliphatic hydroxyl groups is 4. The van der Waals surface area contributed by atoms with Gasteiger partial charge < -0.3 is 95.5 Å². The zero-order valence-electron chi connectivity index (χ0n) is 48.2. The number of fused-ring (bicyclic) bond motifs is 4. The summed E-state index contributed by atoms with van der Waals surface area (Å²) < 4.78 is 45.8. The van der Waals surface area contributed by atoms with E-state index in [0.717, 1.165) is 25.7 Å². The summed E-state index contributed by atoms with van der Waals surface area (Å²) in [5.41, 5.74) is -2.50. The quantitative estimate of drug-likeness (QED) is 0.0343. The van der Waals surface area contributed by atoms with E-state index in [4.69, 9.17) is 37.9 Å². The van der Waals surface area contributed by atoms with Crippen LogP contribution < -0.4 is 37.2 Å². The van der Waals surface area contributed by atoms with Crippen molar-refractivity contribution in [2.45, 2.75) is 216 Å². The summed E-state index contributed by atoms with van der Waals surface area (Å²) in [6, 6.07) is -2.29. The standard InChI is InChI=1S/C55H97N7O19/c1-4-5-6-7-8-9-10-11-12-21-45(69)62-40(32-74-30-22-43(67)58-26-17-24-56-41(65)19-13-15-28-76-34-54-36-78-52(80-54)46(60-38(2)63)48(70)50(54)72)33-75-31-23-44(68)59-27-18-25-57-42(66)20-14-16-29-77-35-55-37-79-53(81-55)47(61-39(3)64)49(71)51(55)73/h40,46-53,70-73H,4-37H2,1-3H3,(H,56,65)(H,57,66)(H,58,67)(H,59,68)(H,60,63)(H,61,64)(H,62,69)/t46-,47-,48-,49-,50-,51-,52+,53+,54+,55+/m1/s1. The number of ether oxygens (including phenoxy) is 8. The third-order valence-electron chi connectivity index (χ3n) is 14.5. The number of rotatable bonds is 45. The number of carbonyl (C=O) groups excluding carboxylic acids is 7. The average Bonchev–Trinajstić information content (AvgIpc) is 4.26.